The lowest BCUT2D eigenvalue weighted by Gasteiger charge is -2.25. The van der Waals surface area contributed by atoms with E-state index in [1.807, 2.05) is 49.5 Å². The molecule has 5 rings (SSSR count). The molecule has 0 amide bonds. The molecule has 0 aliphatic carbocycles. The van der Waals surface area contributed by atoms with E-state index in [0.29, 0.717) is 12.5 Å². The number of para-hydroxylation sites is 1. The van der Waals surface area contributed by atoms with Gasteiger partial charge >= 0.3 is 0 Å². The Morgan fingerprint density at radius 2 is 1.68 bits per heavy atom. The molecule has 41 heavy (non-hydrogen) atoms. The maximum Gasteiger partial charge on any atom is 0.283 e. The molecular formula is C29H31Cl2N6O3S+. The quantitative estimate of drug-likeness (QED) is 0.251. The van der Waals surface area contributed by atoms with Crippen LogP contribution < -0.4 is 10.2 Å². The zero-order chi connectivity index (χ0) is 29.7. The highest BCUT2D eigenvalue weighted by Gasteiger charge is 2.43. The summed E-state index contributed by atoms with van der Waals surface area (Å²) in [5.41, 5.74) is 6.19. The van der Waals surface area contributed by atoms with Gasteiger partial charge in [-0.05, 0) is 66.4 Å². The van der Waals surface area contributed by atoms with E-state index in [-0.39, 0.29) is 16.0 Å². The van der Waals surface area contributed by atoms with Crippen molar-refractivity contribution in [1.29, 1.82) is 0 Å². The zero-order valence-corrected chi connectivity index (χ0v) is 25.7. The SMILES string of the molecule is C[N+]1=C(C=CC=C2N(CS(=O)(=O)O)c3ccccc3C2(C)C)C(C)(C)c2cc(CNc3nc(Cl)nc(Cl)n3)ccc21. The highest BCUT2D eigenvalue weighted by atomic mass is 35.5. The van der Waals surface area contributed by atoms with Crippen molar-refractivity contribution in [2.45, 2.75) is 45.1 Å². The Bertz CT molecular complexity index is 1730. The van der Waals surface area contributed by atoms with Crippen LogP contribution in [0, 0.1) is 0 Å². The van der Waals surface area contributed by atoms with Crippen molar-refractivity contribution in [2.75, 3.05) is 23.1 Å². The van der Waals surface area contributed by atoms with Gasteiger partial charge in [0.25, 0.3) is 10.1 Å². The van der Waals surface area contributed by atoms with Crippen LogP contribution in [0.5, 0.6) is 0 Å². The van der Waals surface area contributed by atoms with Gasteiger partial charge in [0.05, 0.1) is 5.41 Å². The number of aromatic nitrogens is 3. The largest absolute Gasteiger partial charge is 0.350 e. The number of fused-ring (bicyclic) bond motifs is 2. The number of allylic oxidation sites excluding steroid dienone is 4. The van der Waals surface area contributed by atoms with Gasteiger partial charge in [-0.1, -0.05) is 44.2 Å². The van der Waals surface area contributed by atoms with Gasteiger partial charge in [0, 0.05) is 41.1 Å². The summed E-state index contributed by atoms with van der Waals surface area (Å²) in [5.74, 6) is -0.213. The third-order valence-corrected chi connectivity index (χ3v) is 8.65. The van der Waals surface area contributed by atoms with Crippen LogP contribution in [0.15, 0.2) is 66.4 Å². The number of hydrogen-bond donors (Lipinski definition) is 2. The molecule has 0 saturated carbocycles. The van der Waals surface area contributed by atoms with Crippen LogP contribution in [-0.4, -0.2) is 51.1 Å². The monoisotopic (exact) mass is 613 g/mol. The molecule has 2 aromatic carbocycles. The second-order valence-electron chi connectivity index (χ2n) is 11.2. The van der Waals surface area contributed by atoms with Gasteiger partial charge in [-0.25, -0.2) is 0 Å². The summed E-state index contributed by atoms with van der Waals surface area (Å²) >= 11 is 11.8. The fraction of sp³-hybridized carbons (Fsp3) is 0.310. The van der Waals surface area contributed by atoms with Gasteiger partial charge in [-0.2, -0.15) is 27.9 Å². The molecule has 214 valence electrons. The number of halogens is 2. The van der Waals surface area contributed by atoms with Gasteiger partial charge in [-0.3, -0.25) is 4.55 Å². The fourth-order valence-corrected chi connectivity index (χ4v) is 6.72. The van der Waals surface area contributed by atoms with E-state index < -0.39 is 21.4 Å². The Morgan fingerprint density at radius 3 is 2.37 bits per heavy atom. The van der Waals surface area contributed by atoms with Crippen molar-refractivity contribution in [3.05, 3.63) is 93.6 Å². The first kappa shape index (κ1) is 29.2. The molecule has 2 aliphatic rings. The summed E-state index contributed by atoms with van der Waals surface area (Å²) < 4.78 is 35.7. The Labute approximate surface area is 250 Å². The minimum absolute atomic E-state index is 0.0242. The summed E-state index contributed by atoms with van der Waals surface area (Å²) in [5, 5.41) is 3.19. The van der Waals surface area contributed by atoms with E-state index in [9.17, 15) is 13.0 Å². The zero-order valence-electron chi connectivity index (χ0n) is 23.4. The lowest BCUT2D eigenvalue weighted by atomic mass is 9.80. The van der Waals surface area contributed by atoms with Crippen molar-refractivity contribution in [3.63, 3.8) is 0 Å². The molecule has 0 unspecified atom stereocenters. The smallest absolute Gasteiger partial charge is 0.283 e. The maximum atomic E-state index is 11.9. The van der Waals surface area contributed by atoms with Crippen LogP contribution >= 0.6 is 23.2 Å². The number of nitrogens with zero attached hydrogens (tertiary/aromatic N) is 5. The van der Waals surface area contributed by atoms with Gasteiger partial charge < -0.3 is 10.2 Å². The molecule has 0 bridgehead atoms. The van der Waals surface area contributed by atoms with Crippen molar-refractivity contribution in [3.8, 4) is 0 Å². The van der Waals surface area contributed by atoms with Crippen LogP contribution in [0.25, 0.3) is 0 Å². The second kappa shape index (κ2) is 10.5. The fourth-order valence-electron chi connectivity index (χ4n) is 5.75. The molecule has 0 saturated heterocycles. The van der Waals surface area contributed by atoms with Crippen molar-refractivity contribution < 1.29 is 17.5 Å². The molecule has 12 heteroatoms. The van der Waals surface area contributed by atoms with E-state index in [2.05, 4.69) is 70.7 Å². The van der Waals surface area contributed by atoms with Gasteiger partial charge in [-0.15, -0.1) is 0 Å². The molecule has 3 aromatic rings. The Kier molecular flexibility index (Phi) is 7.48. The third kappa shape index (κ3) is 5.61. The lowest BCUT2D eigenvalue weighted by molar-refractivity contribution is -0.401. The molecule has 9 nitrogen and oxygen atoms in total. The Balaban J connectivity index is 1.42. The number of hydrogen-bond acceptors (Lipinski definition) is 7. The van der Waals surface area contributed by atoms with E-state index in [1.54, 1.807) is 4.90 Å². The van der Waals surface area contributed by atoms with Crippen LogP contribution in [0.1, 0.15) is 44.4 Å². The van der Waals surface area contributed by atoms with Crippen LogP contribution in [0.2, 0.25) is 10.6 Å². The summed E-state index contributed by atoms with van der Waals surface area (Å²) in [4.78, 5) is 13.6. The molecule has 2 aliphatic heterocycles. The minimum Gasteiger partial charge on any atom is -0.350 e. The molecule has 0 atom stereocenters. The van der Waals surface area contributed by atoms with Crippen LogP contribution in [0.3, 0.4) is 0 Å². The summed E-state index contributed by atoms with van der Waals surface area (Å²) in [6.07, 6.45) is 5.95. The van der Waals surface area contributed by atoms with Gasteiger partial charge in [0.2, 0.25) is 22.2 Å². The number of anilines is 2. The molecular weight excluding hydrogens is 583 g/mol. The third-order valence-electron chi connectivity index (χ3n) is 7.73. The van der Waals surface area contributed by atoms with E-state index >= 15 is 0 Å². The van der Waals surface area contributed by atoms with Gasteiger partial charge in [0.15, 0.2) is 11.6 Å². The summed E-state index contributed by atoms with van der Waals surface area (Å²) in [7, 11) is -2.22. The Morgan fingerprint density at radius 1 is 1.00 bits per heavy atom. The topological polar surface area (TPSA) is 111 Å². The predicted molar refractivity (Wildman–Crippen MR) is 163 cm³/mol. The van der Waals surface area contributed by atoms with E-state index in [0.717, 1.165) is 33.9 Å². The first-order valence-electron chi connectivity index (χ1n) is 12.9. The van der Waals surface area contributed by atoms with Crippen LogP contribution in [-0.2, 0) is 27.5 Å². The van der Waals surface area contributed by atoms with E-state index in [4.69, 9.17) is 23.2 Å². The molecule has 2 N–H and O–H groups in total. The average molecular weight is 615 g/mol. The highest BCUT2D eigenvalue weighted by Crippen LogP contribution is 2.48. The molecule has 0 fully saturated rings. The minimum atomic E-state index is -4.25. The van der Waals surface area contributed by atoms with Gasteiger partial charge in [0.1, 0.15) is 7.05 Å². The molecule has 0 spiro atoms. The van der Waals surface area contributed by atoms with Crippen LogP contribution in [0.4, 0.5) is 17.3 Å². The standard InChI is InChI=1S/C29H30Cl2N6O3S/c1-28(2)19-9-6-7-10-22(19)37(17-41(38,39)40)24(28)12-8-11-23-29(3,4)20-15-18(13-14-21(20)36(23)5)16-32-27-34-25(30)33-26(31)35-27/h6-15H,16-17H2,1-5H3,(H-,32,33,34,35,38,39,40)/p+1. The first-order valence-corrected chi connectivity index (χ1v) is 15.3. The molecule has 1 aromatic heterocycles. The first-order chi connectivity index (χ1) is 19.2. The van der Waals surface area contributed by atoms with Crippen molar-refractivity contribution in [2.24, 2.45) is 0 Å². The molecule has 3 heterocycles. The predicted octanol–water partition coefficient (Wildman–Crippen LogP) is 5.88. The number of nitrogens with one attached hydrogen (secondary N) is 1. The average Bonchev–Trinajstić information content (AvgIpc) is 3.20. The Hall–Kier alpha value is -3.31. The van der Waals surface area contributed by atoms with Crippen molar-refractivity contribution >= 4 is 56.4 Å². The highest BCUT2D eigenvalue weighted by molar-refractivity contribution is 7.85. The number of benzene rings is 2. The summed E-state index contributed by atoms with van der Waals surface area (Å²) in [6, 6.07) is 14.0. The summed E-state index contributed by atoms with van der Waals surface area (Å²) in [6.45, 7) is 8.92. The maximum absolute atomic E-state index is 11.9. The number of rotatable bonds is 7. The normalized spacial score (nSPS) is 18.3. The van der Waals surface area contributed by atoms with E-state index in [1.165, 1.54) is 5.56 Å². The lowest BCUT2D eigenvalue weighted by Crippen LogP contribution is -2.30. The molecule has 0 radical (unpaired) electrons. The second-order valence-corrected chi connectivity index (χ2v) is 13.3. The van der Waals surface area contributed by atoms with Crippen molar-refractivity contribution in [1.82, 2.24) is 15.0 Å².